The molecule has 3 rings (SSSR count). The molecular weight excluding hydrogens is 468 g/mol. The number of benzene rings is 2. The van der Waals surface area contributed by atoms with E-state index >= 15 is 0 Å². The van der Waals surface area contributed by atoms with Crippen LogP contribution in [0.2, 0.25) is 0 Å². The maximum atomic E-state index is 12.1. The van der Waals surface area contributed by atoms with Gasteiger partial charge in [0.25, 0.3) is 5.91 Å². The number of ether oxygens (including phenoxy) is 2. The van der Waals surface area contributed by atoms with Crippen LogP contribution in [0.5, 0.6) is 5.75 Å². The van der Waals surface area contributed by atoms with Crippen LogP contribution in [0.4, 0.5) is 5.69 Å². The van der Waals surface area contributed by atoms with E-state index in [0.29, 0.717) is 22.6 Å². The van der Waals surface area contributed by atoms with Crippen LogP contribution in [0, 0.1) is 6.92 Å². The van der Waals surface area contributed by atoms with Gasteiger partial charge in [0.2, 0.25) is 5.91 Å². The van der Waals surface area contributed by atoms with E-state index in [1.165, 1.54) is 6.26 Å². The van der Waals surface area contributed by atoms with Crippen molar-refractivity contribution < 1.29 is 28.3 Å². The first-order valence-corrected chi connectivity index (χ1v) is 10.2. The maximum absolute atomic E-state index is 12.1. The Bertz CT molecular complexity index is 1120. The number of halogens is 1. The highest BCUT2D eigenvalue weighted by atomic mass is 79.9. The van der Waals surface area contributed by atoms with Gasteiger partial charge in [-0.1, -0.05) is 15.9 Å². The smallest absolute Gasteiger partial charge is 0.310 e. The van der Waals surface area contributed by atoms with Crippen LogP contribution in [-0.2, 0) is 25.5 Å². The van der Waals surface area contributed by atoms with Crippen LogP contribution in [0.3, 0.4) is 0 Å². The average Bonchev–Trinajstić information content (AvgIpc) is 3.14. The number of fused-ring (bicyclic) bond motifs is 1. The van der Waals surface area contributed by atoms with E-state index in [9.17, 15) is 14.4 Å². The SMILES string of the molecule is COc1ccc2c(CC(=O)OCC(=O)NCC(=O)Nc3ccc(Br)cc3C)coc2c1. The number of aryl methyl sites for hydroxylation is 1. The molecule has 0 aliphatic rings. The van der Waals surface area contributed by atoms with Crippen LogP contribution < -0.4 is 15.4 Å². The van der Waals surface area contributed by atoms with E-state index in [1.54, 1.807) is 37.4 Å². The van der Waals surface area contributed by atoms with Gasteiger partial charge in [-0.2, -0.15) is 0 Å². The molecule has 2 amide bonds. The Hall–Kier alpha value is -3.33. The number of anilines is 1. The molecule has 0 atom stereocenters. The van der Waals surface area contributed by atoms with Crippen molar-refractivity contribution in [2.45, 2.75) is 13.3 Å². The van der Waals surface area contributed by atoms with Crippen molar-refractivity contribution in [1.82, 2.24) is 5.32 Å². The first-order chi connectivity index (χ1) is 14.9. The summed E-state index contributed by atoms with van der Waals surface area (Å²) >= 11 is 3.36. The molecule has 0 bridgehead atoms. The molecule has 2 aromatic carbocycles. The molecular formula is C22H21BrN2O6. The lowest BCUT2D eigenvalue weighted by molar-refractivity contribution is -0.147. The first kappa shape index (κ1) is 22.4. The third-order valence-electron chi connectivity index (χ3n) is 4.47. The summed E-state index contributed by atoms with van der Waals surface area (Å²) in [5.74, 6) is -0.890. The molecule has 1 aromatic heterocycles. The van der Waals surface area contributed by atoms with Crippen molar-refractivity contribution in [2.24, 2.45) is 0 Å². The molecule has 0 spiro atoms. The Kier molecular flexibility index (Phi) is 7.30. The normalized spacial score (nSPS) is 10.5. The van der Waals surface area contributed by atoms with Crippen LogP contribution in [0.25, 0.3) is 11.0 Å². The molecule has 162 valence electrons. The number of esters is 1. The topological polar surface area (TPSA) is 107 Å². The van der Waals surface area contributed by atoms with Gasteiger partial charge < -0.3 is 24.5 Å². The zero-order valence-corrected chi connectivity index (χ0v) is 18.6. The van der Waals surface area contributed by atoms with Crippen molar-refractivity contribution in [2.75, 3.05) is 25.6 Å². The molecule has 0 saturated heterocycles. The number of amides is 2. The summed E-state index contributed by atoms with van der Waals surface area (Å²) in [7, 11) is 1.55. The number of nitrogens with one attached hydrogen (secondary N) is 2. The van der Waals surface area contributed by atoms with Gasteiger partial charge in [0, 0.05) is 27.2 Å². The molecule has 0 aliphatic carbocycles. The van der Waals surface area contributed by atoms with Crippen LogP contribution in [-0.4, -0.2) is 38.0 Å². The van der Waals surface area contributed by atoms with E-state index in [4.69, 9.17) is 13.9 Å². The van der Waals surface area contributed by atoms with Crippen LogP contribution >= 0.6 is 15.9 Å². The molecule has 1 heterocycles. The van der Waals surface area contributed by atoms with Crippen molar-refractivity contribution in [3.63, 3.8) is 0 Å². The number of carbonyl (C=O) groups is 3. The molecule has 9 heteroatoms. The lowest BCUT2D eigenvalue weighted by atomic mass is 10.1. The molecule has 0 radical (unpaired) electrons. The number of carbonyl (C=O) groups excluding carboxylic acids is 3. The lowest BCUT2D eigenvalue weighted by Gasteiger charge is -2.10. The van der Waals surface area contributed by atoms with E-state index < -0.39 is 18.5 Å². The minimum atomic E-state index is -0.580. The second-order valence-electron chi connectivity index (χ2n) is 6.74. The van der Waals surface area contributed by atoms with Gasteiger partial charge in [-0.15, -0.1) is 0 Å². The van der Waals surface area contributed by atoms with Gasteiger partial charge in [-0.3, -0.25) is 14.4 Å². The predicted molar refractivity (Wildman–Crippen MR) is 118 cm³/mol. The molecule has 31 heavy (non-hydrogen) atoms. The minimum absolute atomic E-state index is 0.0457. The van der Waals surface area contributed by atoms with Gasteiger partial charge in [-0.05, 0) is 42.8 Å². The highest BCUT2D eigenvalue weighted by molar-refractivity contribution is 9.10. The third-order valence-corrected chi connectivity index (χ3v) is 4.96. The van der Waals surface area contributed by atoms with Gasteiger partial charge >= 0.3 is 5.97 Å². The Morgan fingerprint density at radius 3 is 2.65 bits per heavy atom. The van der Waals surface area contributed by atoms with Crippen molar-refractivity contribution in [3.8, 4) is 5.75 Å². The number of rotatable bonds is 8. The minimum Gasteiger partial charge on any atom is -0.497 e. The zero-order valence-electron chi connectivity index (χ0n) is 17.0. The monoisotopic (exact) mass is 488 g/mol. The Morgan fingerprint density at radius 1 is 1.10 bits per heavy atom. The van der Waals surface area contributed by atoms with Crippen molar-refractivity contribution in [3.05, 3.63) is 58.3 Å². The van der Waals surface area contributed by atoms with Gasteiger partial charge in [0.15, 0.2) is 6.61 Å². The zero-order chi connectivity index (χ0) is 22.4. The molecule has 0 unspecified atom stereocenters. The van der Waals surface area contributed by atoms with Crippen molar-refractivity contribution >= 4 is 50.4 Å². The molecule has 8 nitrogen and oxygen atoms in total. The summed E-state index contributed by atoms with van der Waals surface area (Å²) in [5, 5.41) is 5.90. The Labute approximate surface area is 187 Å². The summed E-state index contributed by atoms with van der Waals surface area (Å²) in [6, 6.07) is 10.7. The number of methoxy groups -OCH3 is 1. The van der Waals surface area contributed by atoms with E-state index in [-0.39, 0.29) is 18.9 Å². The van der Waals surface area contributed by atoms with E-state index in [2.05, 4.69) is 26.6 Å². The quantitative estimate of drug-likeness (QED) is 0.470. The maximum Gasteiger partial charge on any atom is 0.310 e. The molecule has 3 aromatic rings. The number of hydrogen-bond donors (Lipinski definition) is 2. The summed E-state index contributed by atoms with van der Waals surface area (Å²) in [6.07, 6.45) is 1.43. The van der Waals surface area contributed by atoms with Crippen LogP contribution in [0.1, 0.15) is 11.1 Å². The highest BCUT2D eigenvalue weighted by Gasteiger charge is 2.14. The lowest BCUT2D eigenvalue weighted by Crippen LogP contribution is -2.35. The Balaban J connectivity index is 1.43. The summed E-state index contributed by atoms with van der Waals surface area (Å²) in [6.45, 7) is 1.14. The van der Waals surface area contributed by atoms with Gasteiger partial charge in [-0.25, -0.2) is 0 Å². The largest absolute Gasteiger partial charge is 0.497 e. The molecule has 0 fully saturated rings. The highest BCUT2D eigenvalue weighted by Crippen LogP contribution is 2.26. The number of hydrogen-bond acceptors (Lipinski definition) is 6. The van der Waals surface area contributed by atoms with Crippen LogP contribution in [0.15, 0.2) is 51.6 Å². The summed E-state index contributed by atoms with van der Waals surface area (Å²) in [5.41, 5.74) is 2.77. The first-order valence-electron chi connectivity index (χ1n) is 9.38. The second-order valence-corrected chi connectivity index (χ2v) is 7.66. The van der Waals surface area contributed by atoms with Gasteiger partial charge in [0.05, 0.1) is 26.3 Å². The summed E-state index contributed by atoms with van der Waals surface area (Å²) in [4.78, 5) is 36.0. The number of furan rings is 1. The van der Waals surface area contributed by atoms with E-state index in [1.807, 2.05) is 13.0 Å². The Morgan fingerprint density at radius 2 is 1.90 bits per heavy atom. The third kappa shape index (κ3) is 6.08. The standard InChI is InChI=1S/C22H21BrN2O6/c1-13-7-15(23)3-6-18(13)25-20(26)10-24-21(27)12-31-22(28)8-14-11-30-19-9-16(29-2)4-5-17(14)19/h3-7,9,11H,8,10,12H2,1-2H3,(H,24,27)(H,25,26). The fraction of sp³-hybridized carbons (Fsp3) is 0.227. The fourth-order valence-electron chi connectivity index (χ4n) is 2.87. The molecule has 0 saturated carbocycles. The fourth-order valence-corrected chi connectivity index (χ4v) is 3.35. The van der Waals surface area contributed by atoms with Crippen molar-refractivity contribution in [1.29, 1.82) is 0 Å². The van der Waals surface area contributed by atoms with Gasteiger partial charge in [0.1, 0.15) is 11.3 Å². The second kappa shape index (κ2) is 10.1. The average molecular weight is 489 g/mol. The van der Waals surface area contributed by atoms with E-state index in [0.717, 1.165) is 15.4 Å². The summed E-state index contributed by atoms with van der Waals surface area (Å²) < 4.78 is 16.5. The molecule has 2 N–H and O–H groups in total. The molecule has 0 aliphatic heterocycles. The predicted octanol–water partition coefficient (Wildman–Crippen LogP) is 3.35.